The number of rotatable bonds is 5. The number of nitrogens with one attached hydrogen (secondary N) is 1. The van der Waals surface area contributed by atoms with Crippen molar-refractivity contribution in [1.29, 1.82) is 0 Å². The highest BCUT2D eigenvalue weighted by Crippen LogP contribution is 2.39. The molecule has 0 saturated heterocycles. The molecule has 3 aromatic rings. The van der Waals surface area contributed by atoms with E-state index in [1.807, 2.05) is 53.2 Å². The fourth-order valence-corrected chi connectivity index (χ4v) is 3.88. The second kappa shape index (κ2) is 7.56. The number of halogens is 1. The molecule has 0 radical (unpaired) electrons. The average Bonchev–Trinajstić information content (AvgIpc) is 3.20. The molecular weight excluding hydrogens is 362 g/mol. The molecule has 1 aromatic heterocycles. The van der Waals surface area contributed by atoms with Crippen molar-refractivity contribution in [3.8, 4) is 11.4 Å². The Balaban J connectivity index is 1.72. The molecule has 2 aromatic carbocycles. The molecule has 1 fully saturated rings. The first-order chi connectivity index (χ1) is 13.2. The Hall–Kier alpha value is -2.60. The van der Waals surface area contributed by atoms with Crippen molar-refractivity contribution in [2.45, 2.75) is 37.6 Å². The van der Waals surface area contributed by atoms with Gasteiger partial charge in [-0.05, 0) is 71.8 Å². The van der Waals surface area contributed by atoms with E-state index in [1.54, 1.807) is 7.11 Å². The second-order valence-corrected chi connectivity index (χ2v) is 7.32. The molecule has 7 heteroatoms. The summed E-state index contributed by atoms with van der Waals surface area (Å²) in [5, 5.41) is 17.1. The lowest BCUT2D eigenvalue weighted by molar-refractivity contribution is 0.309. The Morgan fingerprint density at radius 2 is 1.70 bits per heavy atom. The lowest BCUT2D eigenvalue weighted by Crippen LogP contribution is -2.40. The number of nitrogens with zero attached hydrogens (tertiary/aromatic N) is 4. The van der Waals surface area contributed by atoms with Gasteiger partial charge in [-0.2, -0.15) is 4.68 Å². The standard InChI is InChI=1S/C20H22ClN5O/c1-27-18-11-7-16(8-12-18)22-20(13-3-2-4-14-20)19-23-24-25-26(19)17-9-5-15(21)6-10-17/h5-12,22H,2-4,13-14H2,1H3. The average molecular weight is 384 g/mol. The number of ether oxygens (including phenoxy) is 1. The van der Waals surface area contributed by atoms with Crippen LogP contribution in [0, 0.1) is 0 Å². The van der Waals surface area contributed by atoms with Crippen LogP contribution in [0.2, 0.25) is 5.02 Å². The predicted molar refractivity (Wildman–Crippen MR) is 106 cm³/mol. The van der Waals surface area contributed by atoms with Gasteiger partial charge in [0, 0.05) is 10.7 Å². The van der Waals surface area contributed by atoms with Crippen molar-refractivity contribution in [1.82, 2.24) is 20.2 Å². The van der Waals surface area contributed by atoms with E-state index in [2.05, 4.69) is 20.8 Å². The molecule has 0 bridgehead atoms. The molecule has 1 heterocycles. The van der Waals surface area contributed by atoms with Crippen LogP contribution in [0.1, 0.15) is 37.9 Å². The van der Waals surface area contributed by atoms with Crippen LogP contribution in [0.4, 0.5) is 5.69 Å². The number of anilines is 1. The van der Waals surface area contributed by atoms with Gasteiger partial charge >= 0.3 is 0 Å². The van der Waals surface area contributed by atoms with Gasteiger partial charge in [-0.25, -0.2) is 0 Å². The first-order valence-electron chi connectivity index (χ1n) is 9.17. The Morgan fingerprint density at radius 1 is 1.00 bits per heavy atom. The molecule has 1 N–H and O–H groups in total. The smallest absolute Gasteiger partial charge is 0.181 e. The lowest BCUT2D eigenvalue weighted by Gasteiger charge is -2.37. The number of tetrazole rings is 1. The van der Waals surface area contributed by atoms with Gasteiger partial charge in [0.1, 0.15) is 5.75 Å². The molecule has 0 unspecified atom stereocenters. The monoisotopic (exact) mass is 383 g/mol. The van der Waals surface area contributed by atoms with Gasteiger partial charge in [0.15, 0.2) is 5.82 Å². The molecule has 4 rings (SSSR count). The molecule has 0 atom stereocenters. The molecule has 140 valence electrons. The Labute approximate surface area is 163 Å². The van der Waals surface area contributed by atoms with Gasteiger partial charge in [-0.3, -0.25) is 0 Å². The van der Waals surface area contributed by atoms with Crippen LogP contribution in [-0.4, -0.2) is 27.3 Å². The first kappa shape index (κ1) is 17.8. The highest BCUT2D eigenvalue weighted by atomic mass is 35.5. The van der Waals surface area contributed by atoms with Crippen molar-refractivity contribution < 1.29 is 4.74 Å². The largest absolute Gasteiger partial charge is 0.497 e. The number of aromatic nitrogens is 4. The minimum absolute atomic E-state index is 0.310. The SMILES string of the molecule is COc1ccc(NC2(c3nnnn3-c3ccc(Cl)cc3)CCCCC2)cc1. The molecule has 0 amide bonds. The zero-order valence-electron chi connectivity index (χ0n) is 15.2. The van der Waals surface area contributed by atoms with Crippen molar-refractivity contribution in [3.05, 3.63) is 59.4 Å². The van der Waals surface area contributed by atoms with E-state index in [1.165, 1.54) is 6.42 Å². The highest BCUT2D eigenvalue weighted by molar-refractivity contribution is 6.30. The molecular formula is C20H22ClN5O. The quantitative estimate of drug-likeness (QED) is 0.697. The maximum Gasteiger partial charge on any atom is 0.181 e. The Bertz CT molecular complexity index is 885. The van der Waals surface area contributed by atoms with Crippen molar-refractivity contribution >= 4 is 17.3 Å². The maximum absolute atomic E-state index is 6.04. The van der Waals surface area contributed by atoms with Gasteiger partial charge in [-0.15, -0.1) is 5.10 Å². The summed E-state index contributed by atoms with van der Waals surface area (Å²) in [6.45, 7) is 0. The zero-order valence-corrected chi connectivity index (χ0v) is 16.0. The third kappa shape index (κ3) is 3.62. The Kier molecular flexibility index (Phi) is 4.99. The fourth-order valence-electron chi connectivity index (χ4n) is 3.75. The van der Waals surface area contributed by atoms with Crippen LogP contribution in [0.15, 0.2) is 48.5 Å². The molecule has 1 aliphatic carbocycles. The van der Waals surface area contributed by atoms with E-state index in [-0.39, 0.29) is 5.54 Å². The van der Waals surface area contributed by atoms with Crippen molar-refractivity contribution in [3.63, 3.8) is 0 Å². The van der Waals surface area contributed by atoms with E-state index in [0.717, 1.165) is 48.6 Å². The van der Waals surface area contributed by atoms with E-state index in [0.29, 0.717) is 5.02 Å². The molecule has 27 heavy (non-hydrogen) atoms. The molecule has 0 aliphatic heterocycles. The van der Waals surface area contributed by atoms with Crippen LogP contribution in [0.25, 0.3) is 5.69 Å². The molecule has 0 spiro atoms. The van der Waals surface area contributed by atoms with E-state index < -0.39 is 0 Å². The Morgan fingerprint density at radius 3 is 2.37 bits per heavy atom. The van der Waals surface area contributed by atoms with Crippen LogP contribution in [0.5, 0.6) is 5.75 Å². The van der Waals surface area contributed by atoms with Gasteiger partial charge in [-0.1, -0.05) is 30.9 Å². The van der Waals surface area contributed by atoms with E-state index >= 15 is 0 Å². The van der Waals surface area contributed by atoms with Gasteiger partial charge in [0.2, 0.25) is 0 Å². The highest BCUT2D eigenvalue weighted by Gasteiger charge is 2.39. The zero-order chi connectivity index (χ0) is 18.7. The second-order valence-electron chi connectivity index (χ2n) is 6.89. The summed E-state index contributed by atoms with van der Waals surface area (Å²) in [6.07, 6.45) is 5.46. The molecule has 1 aliphatic rings. The van der Waals surface area contributed by atoms with E-state index in [4.69, 9.17) is 16.3 Å². The summed E-state index contributed by atoms with van der Waals surface area (Å²) >= 11 is 6.04. The van der Waals surface area contributed by atoms with Crippen molar-refractivity contribution in [2.75, 3.05) is 12.4 Å². The normalized spacial score (nSPS) is 16.1. The van der Waals surface area contributed by atoms with Crippen molar-refractivity contribution in [2.24, 2.45) is 0 Å². The summed E-state index contributed by atoms with van der Waals surface area (Å²) in [5.41, 5.74) is 1.62. The summed E-state index contributed by atoms with van der Waals surface area (Å²) in [4.78, 5) is 0. The van der Waals surface area contributed by atoms with Crippen LogP contribution < -0.4 is 10.1 Å². The topological polar surface area (TPSA) is 64.9 Å². The fraction of sp³-hybridized carbons (Fsp3) is 0.350. The summed E-state index contributed by atoms with van der Waals surface area (Å²) in [7, 11) is 1.67. The molecule has 6 nitrogen and oxygen atoms in total. The first-order valence-corrected chi connectivity index (χ1v) is 9.55. The number of hydrogen-bond donors (Lipinski definition) is 1. The summed E-state index contributed by atoms with van der Waals surface area (Å²) in [5.74, 6) is 1.67. The lowest BCUT2D eigenvalue weighted by atomic mass is 9.80. The van der Waals surface area contributed by atoms with Gasteiger partial charge in [0.25, 0.3) is 0 Å². The number of hydrogen-bond acceptors (Lipinski definition) is 5. The van der Waals surface area contributed by atoms with Crippen LogP contribution in [0.3, 0.4) is 0 Å². The van der Waals surface area contributed by atoms with Gasteiger partial charge < -0.3 is 10.1 Å². The third-order valence-electron chi connectivity index (χ3n) is 5.15. The minimum atomic E-state index is -0.310. The van der Waals surface area contributed by atoms with Crippen LogP contribution in [-0.2, 0) is 5.54 Å². The summed E-state index contributed by atoms with van der Waals surface area (Å²) < 4.78 is 7.09. The third-order valence-corrected chi connectivity index (χ3v) is 5.40. The number of methoxy groups -OCH3 is 1. The molecule has 1 saturated carbocycles. The van der Waals surface area contributed by atoms with Gasteiger partial charge in [0.05, 0.1) is 18.3 Å². The minimum Gasteiger partial charge on any atom is -0.497 e. The maximum atomic E-state index is 6.04. The number of benzene rings is 2. The van der Waals surface area contributed by atoms with E-state index in [9.17, 15) is 0 Å². The van der Waals surface area contributed by atoms with Crippen LogP contribution >= 0.6 is 11.6 Å². The summed E-state index contributed by atoms with van der Waals surface area (Å²) in [6, 6.07) is 15.6. The predicted octanol–water partition coefficient (Wildman–Crippen LogP) is 4.60.